The maximum Gasteiger partial charge on any atom is 0.226 e. The van der Waals surface area contributed by atoms with Crippen molar-refractivity contribution in [1.82, 2.24) is 20.5 Å². The van der Waals surface area contributed by atoms with E-state index in [1.807, 2.05) is 50.5 Å². The molecule has 0 aliphatic carbocycles. The number of nitrogens with zero attached hydrogens (tertiary/aromatic N) is 4. The molecule has 2 N–H and O–H groups in total. The van der Waals surface area contributed by atoms with E-state index in [0.717, 1.165) is 29.9 Å². The number of amides is 1. The number of anilines is 1. The van der Waals surface area contributed by atoms with Gasteiger partial charge in [-0.05, 0) is 62.7 Å². The highest BCUT2D eigenvalue weighted by Crippen LogP contribution is 2.38. The maximum absolute atomic E-state index is 13.3. The molecule has 4 heterocycles. The molecular weight excluding hydrogens is 500 g/mol. The fraction of sp³-hybridized carbons (Fsp3) is 0.414. The van der Waals surface area contributed by atoms with Gasteiger partial charge in [0.1, 0.15) is 6.07 Å². The number of rotatable bonds is 7. The number of dihydropyridines is 1. The molecule has 8 nitrogen and oxygen atoms in total. The third-order valence-electron chi connectivity index (χ3n) is 7.79. The van der Waals surface area contributed by atoms with Crippen LogP contribution in [0.4, 0.5) is 5.69 Å². The van der Waals surface area contributed by atoms with Crippen molar-refractivity contribution in [3.63, 3.8) is 0 Å². The molecule has 3 aliphatic rings. The molecule has 5 rings (SSSR count). The first kappa shape index (κ1) is 26.2. The van der Waals surface area contributed by atoms with Gasteiger partial charge < -0.3 is 25.2 Å². The Hall–Kier alpha value is -3.38. The summed E-state index contributed by atoms with van der Waals surface area (Å²) in [4.78, 5) is 21.9. The highest BCUT2D eigenvalue weighted by atomic mass is 35.5. The molecule has 2 saturated heterocycles. The van der Waals surface area contributed by atoms with Crippen molar-refractivity contribution in [1.29, 1.82) is 5.26 Å². The van der Waals surface area contributed by atoms with Crippen molar-refractivity contribution >= 4 is 23.2 Å². The zero-order valence-electron chi connectivity index (χ0n) is 21.8. The minimum absolute atomic E-state index is 0.00426. The minimum atomic E-state index is -0.819. The zero-order chi connectivity index (χ0) is 26.8. The van der Waals surface area contributed by atoms with Crippen LogP contribution >= 0.6 is 11.6 Å². The molecule has 1 unspecified atom stereocenters. The molecular formula is C29H33ClN6O2. The average molecular weight is 533 g/mol. The number of pyridine rings is 1. The van der Waals surface area contributed by atoms with Crippen LogP contribution in [0.5, 0.6) is 0 Å². The molecule has 2 aromatic rings. The minimum Gasteiger partial charge on any atom is -0.370 e. The number of carbonyl (C=O) groups is 1. The van der Waals surface area contributed by atoms with E-state index < -0.39 is 11.3 Å². The van der Waals surface area contributed by atoms with Gasteiger partial charge in [0.2, 0.25) is 5.91 Å². The number of halogens is 1. The molecule has 9 heteroatoms. The summed E-state index contributed by atoms with van der Waals surface area (Å²) in [7, 11) is 2.03. The highest BCUT2D eigenvalue weighted by Gasteiger charge is 2.43. The van der Waals surface area contributed by atoms with E-state index in [0.29, 0.717) is 43.1 Å². The van der Waals surface area contributed by atoms with E-state index in [4.69, 9.17) is 16.3 Å². The molecule has 1 aromatic carbocycles. The van der Waals surface area contributed by atoms with Crippen molar-refractivity contribution in [3.8, 4) is 6.07 Å². The molecule has 1 aromatic heterocycles. The van der Waals surface area contributed by atoms with Gasteiger partial charge in [0.15, 0.2) is 5.72 Å². The third-order valence-corrected chi connectivity index (χ3v) is 8.02. The lowest BCUT2D eigenvalue weighted by atomic mass is 9.78. The predicted octanol–water partition coefficient (Wildman–Crippen LogP) is 3.56. The SMILES string of the molecule is CCOC1(c2cccnc2)C=CC(C2(NC(=O)C3CN(C)C3)CCN(c3ccc(Cl)cc3C#N)CC2)=CN1. The van der Waals surface area contributed by atoms with E-state index in [2.05, 4.69) is 37.6 Å². The van der Waals surface area contributed by atoms with Crippen molar-refractivity contribution in [2.24, 2.45) is 5.92 Å². The number of aromatic nitrogens is 1. The molecule has 0 spiro atoms. The van der Waals surface area contributed by atoms with Crippen LogP contribution in [0.25, 0.3) is 0 Å². The molecule has 198 valence electrons. The Kier molecular flexibility index (Phi) is 7.44. The second-order valence-corrected chi connectivity index (χ2v) is 10.7. The van der Waals surface area contributed by atoms with E-state index >= 15 is 0 Å². The van der Waals surface area contributed by atoms with Crippen molar-refractivity contribution < 1.29 is 9.53 Å². The molecule has 3 aliphatic heterocycles. The van der Waals surface area contributed by atoms with Gasteiger partial charge >= 0.3 is 0 Å². The van der Waals surface area contributed by atoms with Crippen LogP contribution < -0.4 is 15.5 Å². The van der Waals surface area contributed by atoms with Crippen molar-refractivity contribution in [2.45, 2.75) is 31.0 Å². The van der Waals surface area contributed by atoms with Crippen LogP contribution in [0.1, 0.15) is 30.9 Å². The maximum atomic E-state index is 13.3. The molecule has 38 heavy (non-hydrogen) atoms. The Morgan fingerprint density at radius 2 is 2.11 bits per heavy atom. The summed E-state index contributed by atoms with van der Waals surface area (Å²) in [5.74, 6) is 0.0827. The number of benzene rings is 1. The normalized spacial score (nSPS) is 23.1. The lowest BCUT2D eigenvalue weighted by molar-refractivity contribution is -0.131. The van der Waals surface area contributed by atoms with Crippen molar-refractivity contribution in [3.05, 3.63) is 82.8 Å². The second-order valence-electron chi connectivity index (χ2n) is 10.2. The smallest absolute Gasteiger partial charge is 0.226 e. The topological polar surface area (TPSA) is 93.5 Å². The van der Waals surface area contributed by atoms with Gasteiger partial charge in [-0.1, -0.05) is 23.7 Å². The number of carbonyl (C=O) groups excluding carboxylic acids is 1. The average Bonchev–Trinajstić information content (AvgIpc) is 2.92. The van der Waals surface area contributed by atoms with Crippen molar-refractivity contribution in [2.75, 3.05) is 44.7 Å². The number of piperidine rings is 1. The Morgan fingerprint density at radius 1 is 1.32 bits per heavy atom. The summed E-state index contributed by atoms with van der Waals surface area (Å²) >= 11 is 6.13. The number of hydrogen-bond acceptors (Lipinski definition) is 7. The first-order chi connectivity index (χ1) is 18.4. The van der Waals surface area contributed by atoms with E-state index in [1.165, 1.54) is 0 Å². The van der Waals surface area contributed by atoms with E-state index in [1.54, 1.807) is 18.5 Å². The lowest BCUT2D eigenvalue weighted by Crippen LogP contribution is -2.61. The fourth-order valence-electron chi connectivity index (χ4n) is 5.64. The quantitative estimate of drug-likeness (QED) is 0.563. The van der Waals surface area contributed by atoms with Crippen LogP contribution in [-0.2, 0) is 15.3 Å². The summed E-state index contributed by atoms with van der Waals surface area (Å²) in [5.41, 5.74) is 1.98. The Morgan fingerprint density at radius 3 is 2.71 bits per heavy atom. The van der Waals surface area contributed by atoms with Gasteiger partial charge in [0, 0.05) is 62.0 Å². The molecule has 0 saturated carbocycles. The molecule has 1 amide bonds. The van der Waals surface area contributed by atoms with E-state index in [-0.39, 0.29) is 11.8 Å². The number of hydrogen-bond donors (Lipinski definition) is 2. The first-order valence-electron chi connectivity index (χ1n) is 13.1. The van der Waals surface area contributed by atoms with Crippen LogP contribution in [0.3, 0.4) is 0 Å². The van der Waals surface area contributed by atoms with Crippen LogP contribution in [-0.4, -0.2) is 61.2 Å². The monoisotopic (exact) mass is 532 g/mol. The molecule has 0 radical (unpaired) electrons. The van der Waals surface area contributed by atoms with Gasteiger partial charge in [0.25, 0.3) is 0 Å². The van der Waals surface area contributed by atoms with Gasteiger partial charge in [-0.15, -0.1) is 0 Å². The third kappa shape index (κ3) is 5.02. The fourth-order valence-corrected chi connectivity index (χ4v) is 5.81. The van der Waals surface area contributed by atoms with Crippen LogP contribution in [0.15, 0.2) is 66.7 Å². The Balaban J connectivity index is 1.41. The summed E-state index contributed by atoms with van der Waals surface area (Å²) in [6.45, 7) is 5.39. The van der Waals surface area contributed by atoms with Crippen LogP contribution in [0.2, 0.25) is 5.02 Å². The Bertz CT molecular complexity index is 1280. The molecule has 0 bridgehead atoms. The number of likely N-dealkylation sites (tertiary alicyclic amines) is 1. The largest absolute Gasteiger partial charge is 0.370 e. The molecule has 1 atom stereocenters. The highest BCUT2D eigenvalue weighted by molar-refractivity contribution is 6.30. The summed E-state index contributed by atoms with van der Waals surface area (Å²) in [6, 6.07) is 11.6. The van der Waals surface area contributed by atoms with Crippen LogP contribution in [0, 0.1) is 17.2 Å². The predicted molar refractivity (Wildman–Crippen MR) is 147 cm³/mol. The van der Waals surface area contributed by atoms with Gasteiger partial charge in [0.05, 0.1) is 22.7 Å². The number of nitrogens with one attached hydrogen (secondary N) is 2. The summed E-state index contributed by atoms with van der Waals surface area (Å²) < 4.78 is 6.17. The first-order valence-corrected chi connectivity index (χ1v) is 13.4. The van der Waals surface area contributed by atoms with Gasteiger partial charge in [-0.25, -0.2) is 0 Å². The summed E-state index contributed by atoms with van der Waals surface area (Å²) in [5, 5.41) is 17.1. The lowest BCUT2D eigenvalue weighted by Gasteiger charge is -2.47. The standard InChI is InChI=1S/C29H33ClN6O2/c1-3-38-29(24-5-4-12-32-17-24)9-8-23(18-33-29)28(34-27(37)22-19-35(2)20-22)10-13-36(14-11-28)26-7-6-25(30)15-21(26)16-31/h4-9,12,15,17-18,22,33H,3,10-11,13-14,19-20H2,1-2H3,(H,34,37). The molecule has 2 fully saturated rings. The number of nitriles is 1. The summed E-state index contributed by atoms with van der Waals surface area (Å²) in [6.07, 6.45) is 11.0. The zero-order valence-corrected chi connectivity index (χ0v) is 22.5. The van der Waals surface area contributed by atoms with Gasteiger partial charge in [-0.2, -0.15) is 5.26 Å². The van der Waals surface area contributed by atoms with Gasteiger partial charge in [-0.3, -0.25) is 9.78 Å². The number of ether oxygens (including phenoxy) is 1. The Labute approximate surface area is 228 Å². The second kappa shape index (κ2) is 10.8. The van der Waals surface area contributed by atoms with E-state index in [9.17, 15) is 10.1 Å².